The molecule has 2 rings (SSSR count). The summed E-state index contributed by atoms with van der Waals surface area (Å²) in [6.07, 6.45) is 0.714. The monoisotopic (exact) mass is 261 g/mol. The predicted molar refractivity (Wildman–Crippen MR) is 72.9 cm³/mol. The molecule has 0 amide bonds. The topological polar surface area (TPSA) is 44.5 Å². The van der Waals surface area contributed by atoms with Crippen LogP contribution < -0.4 is 15.2 Å². The summed E-state index contributed by atoms with van der Waals surface area (Å²) >= 11 is 0. The lowest BCUT2D eigenvalue weighted by Gasteiger charge is -2.08. The van der Waals surface area contributed by atoms with Crippen molar-refractivity contribution in [1.82, 2.24) is 0 Å². The van der Waals surface area contributed by atoms with Crippen LogP contribution in [0.5, 0.6) is 11.5 Å². The van der Waals surface area contributed by atoms with E-state index in [1.165, 1.54) is 12.1 Å². The number of ether oxygens (including phenoxy) is 2. The van der Waals surface area contributed by atoms with Gasteiger partial charge in [0.1, 0.15) is 17.3 Å². The molecular formula is C15H16FNO2. The first kappa shape index (κ1) is 13.2. The quantitative estimate of drug-likeness (QED) is 0.641. The van der Waals surface area contributed by atoms with Crippen molar-refractivity contribution in [3.8, 4) is 11.5 Å². The van der Waals surface area contributed by atoms with Crippen molar-refractivity contribution in [2.24, 2.45) is 0 Å². The van der Waals surface area contributed by atoms with E-state index in [1.807, 2.05) is 12.1 Å². The van der Waals surface area contributed by atoms with Crippen LogP contribution in [0.25, 0.3) is 0 Å². The van der Waals surface area contributed by atoms with Gasteiger partial charge in [0.15, 0.2) is 0 Å². The van der Waals surface area contributed by atoms with Gasteiger partial charge in [0.2, 0.25) is 0 Å². The van der Waals surface area contributed by atoms with Crippen molar-refractivity contribution in [3.05, 3.63) is 54.3 Å². The number of hydrogen-bond acceptors (Lipinski definition) is 3. The predicted octanol–water partition coefficient (Wildman–Crippen LogP) is 3.26. The van der Waals surface area contributed by atoms with Gasteiger partial charge in [-0.1, -0.05) is 12.1 Å². The molecule has 3 nitrogen and oxygen atoms in total. The van der Waals surface area contributed by atoms with Crippen LogP contribution in [0, 0.1) is 5.82 Å². The second-order valence-corrected chi connectivity index (χ2v) is 4.08. The Kier molecular flexibility index (Phi) is 4.61. The van der Waals surface area contributed by atoms with Crippen molar-refractivity contribution in [2.45, 2.75) is 6.42 Å². The van der Waals surface area contributed by atoms with Crippen LogP contribution in [0.4, 0.5) is 10.1 Å². The SMILES string of the molecule is Nc1cccc(OCCCOc2cccc(F)c2)c1. The third-order valence-electron chi connectivity index (χ3n) is 2.48. The van der Waals surface area contributed by atoms with Crippen molar-refractivity contribution >= 4 is 5.69 Å². The molecular weight excluding hydrogens is 245 g/mol. The normalized spacial score (nSPS) is 10.2. The van der Waals surface area contributed by atoms with Gasteiger partial charge in [0.05, 0.1) is 13.2 Å². The van der Waals surface area contributed by atoms with Gasteiger partial charge >= 0.3 is 0 Å². The summed E-state index contributed by atoms with van der Waals surface area (Å²) < 4.78 is 23.8. The van der Waals surface area contributed by atoms with Gasteiger partial charge < -0.3 is 15.2 Å². The number of nitrogen functional groups attached to an aromatic ring is 1. The number of benzene rings is 2. The van der Waals surface area contributed by atoms with E-state index >= 15 is 0 Å². The highest BCUT2D eigenvalue weighted by atomic mass is 19.1. The van der Waals surface area contributed by atoms with Crippen LogP contribution >= 0.6 is 0 Å². The van der Waals surface area contributed by atoms with Crippen LogP contribution in [0.1, 0.15) is 6.42 Å². The lowest BCUT2D eigenvalue weighted by atomic mass is 10.3. The largest absolute Gasteiger partial charge is 0.493 e. The summed E-state index contributed by atoms with van der Waals surface area (Å²) in [5, 5.41) is 0. The molecule has 0 saturated heterocycles. The lowest BCUT2D eigenvalue weighted by Crippen LogP contribution is -2.05. The van der Waals surface area contributed by atoms with E-state index < -0.39 is 0 Å². The van der Waals surface area contributed by atoms with Gasteiger partial charge in [-0.2, -0.15) is 0 Å². The van der Waals surface area contributed by atoms with Gasteiger partial charge in [-0.25, -0.2) is 4.39 Å². The van der Waals surface area contributed by atoms with Crippen LogP contribution in [0.15, 0.2) is 48.5 Å². The number of rotatable bonds is 6. The summed E-state index contributed by atoms with van der Waals surface area (Å²) in [7, 11) is 0. The van der Waals surface area contributed by atoms with Crippen molar-refractivity contribution < 1.29 is 13.9 Å². The molecule has 2 N–H and O–H groups in total. The second kappa shape index (κ2) is 6.64. The molecule has 19 heavy (non-hydrogen) atoms. The zero-order valence-electron chi connectivity index (χ0n) is 10.5. The van der Waals surface area contributed by atoms with Crippen LogP contribution in [-0.2, 0) is 0 Å². The van der Waals surface area contributed by atoms with Crippen LogP contribution in [0.2, 0.25) is 0 Å². The maximum Gasteiger partial charge on any atom is 0.126 e. The Hall–Kier alpha value is -2.23. The van der Waals surface area contributed by atoms with Gasteiger partial charge in [-0.05, 0) is 24.3 Å². The highest BCUT2D eigenvalue weighted by Crippen LogP contribution is 2.15. The highest BCUT2D eigenvalue weighted by molar-refractivity contribution is 5.43. The Morgan fingerprint density at radius 2 is 1.53 bits per heavy atom. The Labute approximate surface area is 111 Å². The van der Waals surface area contributed by atoms with E-state index in [-0.39, 0.29) is 5.82 Å². The molecule has 0 aliphatic carbocycles. The average Bonchev–Trinajstić information content (AvgIpc) is 2.38. The smallest absolute Gasteiger partial charge is 0.126 e. The molecule has 0 atom stereocenters. The fraction of sp³-hybridized carbons (Fsp3) is 0.200. The van der Waals surface area contributed by atoms with E-state index in [0.717, 1.165) is 5.75 Å². The molecule has 0 unspecified atom stereocenters. The summed E-state index contributed by atoms with van der Waals surface area (Å²) in [4.78, 5) is 0. The minimum atomic E-state index is -0.298. The number of hydrogen-bond donors (Lipinski definition) is 1. The fourth-order valence-corrected chi connectivity index (χ4v) is 1.60. The standard InChI is InChI=1S/C15H16FNO2/c16-12-4-1-6-14(10-12)18-8-3-9-19-15-7-2-5-13(17)11-15/h1-2,4-7,10-11H,3,8-9,17H2. The zero-order valence-corrected chi connectivity index (χ0v) is 10.5. The van der Waals surface area contributed by atoms with E-state index in [1.54, 1.807) is 24.3 Å². The van der Waals surface area contributed by atoms with Gasteiger partial charge in [0.25, 0.3) is 0 Å². The molecule has 0 saturated carbocycles. The maximum atomic E-state index is 12.9. The molecule has 0 spiro atoms. The first-order valence-corrected chi connectivity index (χ1v) is 6.11. The molecule has 2 aromatic carbocycles. The molecule has 2 aromatic rings. The maximum absolute atomic E-state index is 12.9. The van der Waals surface area contributed by atoms with E-state index in [9.17, 15) is 4.39 Å². The summed E-state index contributed by atoms with van der Waals surface area (Å²) in [6.45, 7) is 1.00. The summed E-state index contributed by atoms with van der Waals surface area (Å²) in [5.74, 6) is 0.975. The second-order valence-electron chi connectivity index (χ2n) is 4.08. The molecule has 0 aliphatic heterocycles. The first-order valence-electron chi connectivity index (χ1n) is 6.11. The molecule has 100 valence electrons. The van der Waals surface area contributed by atoms with E-state index in [2.05, 4.69) is 0 Å². The Balaban J connectivity index is 1.67. The van der Waals surface area contributed by atoms with Gasteiger partial charge in [-0.15, -0.1) is 0 Å². The summed E-state index contributed by atoms with van der Waals surface area (Å²) in [5.41, 5.74) is 6.31. The van der Waals surface area contributed by atoms with Crippen LogP contribution in [-0.4, -0.2) is 13.2 Å². The highest BCUT2D eigenvalue weighted by Gasteiger charge is 1.97. The third kappa shape index (κ3) is 4.50. The van der Waals surface area contributed by atoms with Crippen molar-refractivity contribution in [2.75, 3.05) is 18.9 Å². The van der Waals surface area contributed by atoms with Gasteiger partial charge in [0, 0.05) is 24.2 Å². The Morgan fingerprint density at radius 3 is 2.16 bits per heavy atom. The van der Waals surface area contributed by atoms with Crippen molar-refractivity contribution in [3.63, 3.8) is 0 Å². The number of nitrogens with two attached hydrogens (primary N) is 1. The third-order valence-corrected chi connectivity index (χ3v) is 2.48. The Morgan fingerprint density at radius 1 is 0.895 bits per heavy atom. The molecule has 0 bridgehead atoms. The number of anilines is 1. The zero-order chi connectivity index (χ0) is 13.5. The number of halogens is 1. The molecule has 0 aromatic heterocycles. The molecule has 0 heterocycles. The van der Waals surface area contributed by atoms with E-state index in [0.29, 0.717) is 31.1 Å². The molecule has 4 heteroatoms. The minimum absolute atomic E-state index is 0.298. The molecule has 0 radical (unpaired) electrons. The molecule has 0 fully saturated rings. The van der Waals surface area contributed by atoms with Crippen LogP contribution in [0.3, 0.4) is 0 Å². The molecule has 0 aliphatic rings. The van der Waals surface area contributed by atoms with Crippen molar-refractivity contribution in [1.29, 1.82) is 0 Å². The Bertz CT molecular complexity index is 484. The summed E-state index contributed by atoms with van der Waals surface area (Å²) in [6, 6.07) is 13.4. The van der Waals surface area contributed by atoms with E-state index in [4.69, 9.17) is 15.2 Å². The first-order chi connectivity index (χ1) is 9.24. The fourth-order valence-electron chi connectivity index (χ4n) is 1.60. The average molecular weight is 261 g/mol. The minimum Gasteiger partial charge on any atom is -0.493 e. The van der Waals surface area contributed by atoms with Gasteiger partial charge in [-0.3, -0.25) is 0 Å². The lowest BCUT2D eigenvalue weighted by molar-refractivity contribution is 0.247.